The van der Waals surface area contributed by atoms with Crippen molar-refractivity contribution < 1.29 is 24.5 Å². The molecule has 1 amide bonds. The van der Waals surface area contributed by atoms with Crippen molar-refractivity contribution in [1.82, 2.24) is 5.32 Å². The maximum Gasteiger partial charge on any atom is 0.405 e. The topological polar surface area (TPSA) is 88.0 Å². The molecular weight excluding hydrogens is 274 g/mol. The van der Waals surface area contributed by atoms with Gasteiger partial charge in [0.2, 0.25) is 0 Å². The smallest absolute Gasteiger partial charge is 0.405 e. The van der Waals surface area contributed by atoms with Crippen LogP contribution in [-0.2, 0) is 15.9 Å². The van der Waals surface area contributed by atoms with Crippen molar-refractivity contribution in [3.63, 3.8) is 0 Å². The van der Waals surface area contributed by atoms with E-state index in [-0.39, 0.29) is 6.61 Å². The van der Waals surface area contributed by atoms with E-state index in [1.165, 1.54) is 0 Å². The molecule has 3 N–H and O–H groups in total. The Labute approximate surface area is 123 Å². The fourth-order valence-electron chi connectivity index (χ4n) is 2.45. The van der Waals surface area contributed by atoms with Crippen molar-refractivity contribution in [2.45, 2.75) is 44.3 Å². The van der Waals surface area contributed by atoms with Gasteiger partial charge in [-0.1, -0.05) is 30.3 Å². The van der Waals surface area contributed by atoms with Crippen molar-refractivity contribution in [2.24, 2.45) is 0 Å². The van der Waals surface area contributed by atoms with Crippen LogP contribution in [0.15, 0.2) is 30.3 Å². The normalized spacial score (nSPS) is 23.5. The van der Waals surface area contributed by atoms with Gasteiger partial charge in [-0.15, -0.1) is 0 Å². The molecular formula is C15H21NO5. The lowest BCUT2D eigenvalue weighted by Gasteiger charge is -2.28. The van der Waals surface area contributed by atoms with Crippen molar-refractivity contribution in [2.75, 3.05) is 6.61 Å². The average Bonchev–Trinajstić information content (AvgIpc) is 2.77. The third-order valence-electron chi connectivity index (χ3n) is 3.42. The van der Waals surface area contributed by atoms with Crippen LogP contribution in [0.25, 0.3) is 0 Å². The summed E-state index contributed by atoms with van der Waals surface area (Å²) in [5.74, 6) is -0.768. The highest BCUT2D eigenvalue weighted by Gasteiger charge is 2.40. The molecule has 1 fully saturated rings. The number of carbonyl (C=O) groups is 1. The maximum atomic E-state index is 11.0. The van der Waals surface area contributed by atoms with Crippen LogP contribution < -0.4 is 5.32 Å². The summed E-state index contributed by atoms with van der Waals surface area (Å²) in [5, 5.41) is 21.7. The number of ether oxygens (including phenoxy) is 2. The molecule has 1 saturated heterocycles. The van der Waals surface area contributed by atoms with Gasteiger partial charge < -0.3 is 25.0 Å². The summed E-state index contributed by atoms with van der Waals surface area (Å²) in [7, 11) is 0. The van der Waals surface area contributed by atoms with Crippen LogP contribution in [0, 0.1) is 0 Å². The SMILES string of the molecule is CC1(C)OC[C@H](C(NC(=O)O)[C@H](O)Cc2ccccc2)O1. The lowest BCUT2D eigenvalue weighted by Crippen LogP contribution is -2.52. The zero-order chi connectivity index (χ0) is 15.5. The molecule has 1 unspecified atom stereocenters. The Hall–Kier alpha value is -1.63. The number of rotatable bonds is 5. The summed E-state index contributed by atoms with van der Waals surface area (Å²) in [5.41, 5.74) is 0.931. The zero-order valence-corrected chi connectivity index (χ0v) is 12.2. The lowest BCUT2D eigenvalue weighted by atomic mass is 9.98. The van der Waals surface area contributed by atoms with E-state index in [1.807, 2.05) is 30.3 Å². The molecule has 0 radical (unpaired) electrons. The second-order valence-electron chi connectivity index (χ2n) is 5.60. The number of aliphatic hydroxyl groups is 1. The predicted octanol–water partition coefficient (Wildman–Crippen LogP) is 1.38. The first-order chi connectivity index (χ1) is 9.87. The Kier molecular flexibility index (Phi) is 4.82. The van der Waals surface area contributed by atoms with Gasteiger partial charge in [0.15, 0.2) is 5.79 Å². The first kappa shape index (κ1) is 15.8. The van der Waals surface area contributed by atoms with Gasteiger partial charge in [0.1, 0.15) is 6.10 Å². The highest BCUT2D eigenvalue weighted by atomic mass is 16.7. The van der Waals surface area contributed by atoms with E-state index < -0.39 is 30.1 Å². The van der Waals surface area contributed by atoms with Crippen molar-refractivity contribution in [1.29, 1.82) is 0 Å². The van der Waals surface area contributed by atoms with Gasteiger partial charge in [-0.2, -0.15) is 0 Å². The highest BCUT2D eigenvalue weighted by molar-refractivity contribution is 5.65. The van der Waals surface area contributed by atoms with Crippen LogP contribution in [0.5, 0.6) is 0 Å². The molecule has 6 heteroatoms. The van der Waals surface area contributed by atoms with Crippen LogP contribution in [0.2, 0.25) is 0 Å². The number of nitrogens with one attached hydrogen (secondary N) is 1. The molecule has 116 valence electrons. The van der Waals surface area contributed by atoms with Crippen LogP contribution >= 0.6 is 0 Å². The van der Waals surface area contributed by atoms with Crippen LogP contribution in [0.1, 0.15) is 19.4 Å². The minimum Gasteiger partial charge on any atom is -0.465 e. The lowest BCUT2D eigenvalue weighted by molar-refractivity contribution is -0.145. The largest absolute Gasteiger partial charge is 0.465 e. The molecule has 2 rings (SSSR count). The van der Waals surface area contributed by atoms with Gasteiger partial charge in [0.25, 0.3) is 0 Å². The molecule has 1 aromatic rings. The Morgan fingerprint density at radius 2 is 2.10 bits per heavy atom. The van der Waals surface area contributed by atoms with Gasteiger partial charge in [-0.05, 0) is 19.4 Å². The number of hydrogen-bond donors (Lipinski definition) is 3. The summed E-state index contributed by atoms with van der Waals surface area (Å²) in [4.78, 5) is 11.0. The van der Waals surface area contributed by atoms with Gasteiger partial charge in [-0.25, -0.2) is 4.79 Å². The number of hydrogen-bond acceptors (Lipinski definition) is 4. The first-order valence-electron chi connectivity index (χ1n) is 6.90. The first-order valence-corrected chi connectivity index (χ1v) is 6.90. The van der Waals surface area contributed by atoms with E-state index in [2.05, 4.69) is 5.32 Å². The number of carboxylic acid groups (broad SMARTS) is 1. The third kappa shape index (κ3) is 4.42. The molecule has 6 nitrogen and oxygen atoms in total. The Bertz CT molecular complexity index is 476. The van der Waals surface area contributed by atoms with E-state index in [0.29, 0.717) is 6.42 Å². The molecule has 0 spiro atoms. The zero-order valence-electron chi connectivity index (χ0n) is 12.2. The van der Waals surface area contributed by atoms with Crippen molar-refractivity contribution in [3.8, 4) is 0 Å². The molecule has 0 bridgehead atoms. The number of amides is 1. The summed E-state index contributed by atoms with van der Waals surface area (Å²) in [6, 6.07) is 8.66. The van der Waals surface area contributed by atoms with Crippen molar-refractivity contribution in [3.05, 3.63) is 35.9 Å². The van der Waals surface area contributed by atoms with E-state index in [0.717, 1.165) is 5.56 Å². The second kappa shape index (κ2) is 6.43. The number of aliphatic hydroxyl groups excluding tert-OH is 1. The number of benzene rings is 1. The molecule has 1 aliphatic rings. The van der Waals surface area contributed by atoms with E-state index >= 15 is 0 Å². The van der Waals surface area contributed by atoms with E-state index in [4.69, 9.17) is 14.6 Å². The van der Waals surface area contributed by atoms with Gasteiger partial charge >= 0.3 is 6.09 Å². The molecule has 1 heterocycles. The molecule has 21 heavy (non-hydrogen) atoms. The predicted molar refractivity (Wildman–Crippen MR) is 76.0 cm³/mol. The molecule has 1 aliphatic heterocycles. The highest BCUT2D eigenvalue weighted by Crippen LogP contribution is 2.26. The molecule has 0 aromatic heterocycles. The molecule has 0 aliphatic carbocycles. The van der Waals surface area contributed by atoms with Gasteiger partial charge in [-0.3, -0.25) is 0 Å². The fraction of sp³-hybridized carbons (Fsp3) is 0.533. The Morgan fingerprint density at radius 1 is 1.43 bits per heavy atom. The maximum absolute atomic E-state index is 11.0. The third-order valence-corrected chi connectivity index (χ3v) is 3.42. The summed E-state index contributed by atoms with van der Waals surface area (Å²) >= 11 is 0. The van der Waals surface area contributed by atoms with Gasteiger partial charge in [0, 0.05) is 6.42 Å². The van der Waals surface area contributed by atoms with E-state index in [1.54, 1.807) is 13.8 Å². The molecule has 1 aromatic carbocycles. The van der Waals surface area contributed by atoms with E-state index in [9.17, 15) is 9.90 Å². The van der Waals surface area contributed by atoms with Crippen LogP contribution in [0.3, 0.4) is 0 Å². The average molecular weight is 295 g/mol. The Morgan fingerprint density at radius 3 is 2.62 bits per heavy atom. The molecule has 0 saturated carbocycles. The monoisotopic (exact) mass is 295 g/mol. The summed E-state index contributed by atoms with van der Waals surface area (Å²) in [6.07, 6.45) is -2.27. The quantitative estimate of drug-likeness (QED) is 0.764. The minimum absolute atomic E-state index is 0.240. The minimum atomic E-state index is -1.19. The summed E-state index contributed by atoms with van der Waals surface area (Å²) in [6.45, 7) is 3.76. The Balaban J connectivity index is 2.06. The summed E-state index contributed by atoms with van der Waals surface area (Å²) < 4.78 is 11.1. The van der Waals surface area contributed by atoms with Crippen molar-refractivity contribution >= 4 is 6.09 Å². The van der Waals surface area contributed by atoms with Crippen LogP contribution in [0.4, 0.5) is 4.79 Å². The van der Waals surface area contributed by atoms with Crippen LogP contribution in [-0.4, -0.2) is 47.0 Å². The second-order valence-corrected chi connectivity index (χ2v) is 5.60. The fourth-order valence-corrected chi connectivity index (χ4v) is 2.45. The standard InChI is InChI=1S/C15H21NO5/c1-15(2)20-9-12(21-15)13(16-14(18)19)11(17)8-10-6-4-3-5-7-10/h3-7,11-13,16-17H,8-9H2,1-2H3,(H,18,19)/t11-,12-,13?/m1/s1. The van der Waals surface area contributed by atoms with Gasteiger partial charge in [0.05, 0.1) is 18.8 Å². The molecule has 3 atom stereocenters.